The van der Waals surface area contributed by atoms with E-state index in [1.807, 2.05) is 30.7 Å². The molecule has 6 nitrogen and oxygen atoms in total. The van der Waals surface area contributed by atoms with Crippen molar-refractivity contribution in [3.63, 3.8) is 0 Å². The van der Waals surface area contributed by atoms with Crippen LogP contribution in [0.1, 0.15) is 25.8 Å². The van der Waals surface area contributed by atoms with Gasteiger partial charge in [-0.2, -0.15) is 16.4 Å². The monoisotopic (exact) mass is 328 g/mol. The Morgan fingerprint density at radius 3 is 2.90 bits per heavy atom. The number of rotatable bonds is 7. The van der Waals surface area contributed by atoms with E-state index in [1.165, 1.54) is 6.20 Å². The molecular weight excluding hydrogens is 308 g/mol. The number of nitrogens with zero attached hydrogens (tertiary/aromatic N) is 2. The number of thiophene rings is 1. The third kappa shape index (κ3) is 4.05. The van der Waals surface area contributed by atoms with E-state index in [1.54, 1.807) is 16.0 Å². The maximum atomic E-state index is 12.4. The molecule has 0 aliphatic heterocycles. The van der Waals surface area contributed by atoms with Gasteiger partial charge in [-0.15, -0.1) is 0 Å². The molecule has 3 N–H and O–H groups in total. The minimum Gasteiger partial charge on any atom is -0.381 e. The van der Waals surface area contributed by atoms with Gasteiger partial charge in [0.1, 0.15) is 4.90 Å². The minimum absolute atomic E-state index is 0.0404. The first kappa shape index (κ1) is 16.0. The Hall–Kier alpha value is -1.38. The number of aromatic nitrogens is 2. The van der Waals surface area contributed by atoms with Crippen LogP contribution >= 0.6 is 11.3 Å². The first-order valence-electron chi connectivity index (χ1n) is 6.78. The van der Waals surface area contributed by atoms with Crippen LogP contribution in [0.15, 0.2) is 27.9 Å². The molecule has 0 aliphatic carbocycles. The number of anilines is 1. The van der Waals surface area contributed by atoms with Crippen LogP contribution in [0.2, 0.25) is 0 Å². The van der Waals surface area contributed by atoms with E-state index in [9.17, 15) is 8.42 Å². The van der Waals surface area contributed by atoms with Crippen molar-refractivity contribution >= 4 is 27.2 Å². The summed E-state index contributed by atoms with van der Waals surface area (Å²) in [6.45, 7) is 4.47. The van der Waals surface area contributed by atoms with Gasteiger partial charge in [-0.1, -0.05) is 6.92 Å². The summed E-state index contributed by atoms with van der Waals surface area (Å²) < 4.78 is 28.9. The third-order valence-corrected chi connectivity index (χ3v) is 5.31. The predicted octanol–water partition coefficient (Wildman–Crippen LogP) is 1.85. The summed E-state index contributed by atoms with van der Waals surface area (Å²) in [4.78, 5) is 0.0492. The Balaban J connectivity index is 2.10. The molecular formula is C13H20N4O2S2. The standard InChI is InChI=1S/C13H20N4O2S2/c1-3-5-17-8-12(13(14)15-17)21(18,19)16-10(2)7-11-4-6-20-9-11/h4,6,8-10,16H,3,5,7H2,1-2H3,(H2,14,15). The molecule has 8 heteroatoms. The van der Waals surface area contributed by atoms with Crippen LogP contribution in [0, 0.1) is 0 Å². The summed E-state index contributed by atoms with van der Waals surface area (Å²) in [6, 6.07) is 1.78. The molecule has 2 aromatic rings. The molecule has 2 heterocycles. The lowest BCUT2D eigenvalue weighted by atomic mass is 10.1. The number of hydrogen-bond donors (Lipinski definition) is 2. The molecule has 21 heavy (non-hydrogen) atoms. The number of sulfonamides is 1. The quantitative estimate of drug-likeness (QED) is 0.811. The number of nitrogens with two attached hydrogens (primary N) is 1. The molecule has 1 unspecified atom stereocenters. The summed E-state index contributed by atoms with van der Waals surface area (Å²) >= 11 is 1.60. The van der Waals surface area contributed by atoms with Crippen molar-refractivity contribution in [2.24, 2.45) is 0 Å². The van der Waals surface area contributed by atoms with E-state index in [0.717, 1.165) is 12.0 Å². The van der Waals surface area contributed by atoms with E-state index in [4.69, 9.17) is 5.73 Å². The highest BCUT2D eigenvalue weighted by Crippen LogP contribution is 2.17. The molecule has 0 aliphatic rings. The highest BCUT2D eigenvalue weighted by atomic mass is 32.2. The van der Waals surface area contributed by atoms with E-state index >= 15 is 0 Å². The summed E-state index contributed by atoms with van der Waals surface area (Å²) in [7, 11) is -3.65. The average Bonchev–Trinajstić information content (AvgIpc) is 2.99. The van der Waals surface area contributed by atoms with Gasteiger partial charge in [0.05, 0.1) is 0 Å². The minimum atomic E-state index is -3.65. The van der Waals surface area contributed by atoms with Crippen LogP contribution in [-0.2, 0) is 23.0 Å². The number of aryl methyl sites for hydroxylation is 1. The fourth-order valence-electron chi connectivity index (χ4n) is 2.10. The number of nitrogens with one attached hydrogen (secondary N) is 1. The van der Waals surface area contributed by atoms with E-state index in [-0.39, 0.29) is 16.8 Å². The number of nitrogen functional groups attached to an aromatic ring is 1. The van der Waals surface area contributed by atoms with Gasteiger partial charge in [-0.3, -0.25) is 4.68 Å². The van der Waals surface area contributed by atoms with Crippen molar-refractivity contribution in [3.8, 4) is 0 Å². The van der Waals surface area contributed by atoms with Gasteiger partial charge < -0.3 is 5.73 Å². The van der Waals surface area contributed by atoms with Crippen molar-refractivity contribution in [1.82, 2.24) is 14.5 Å². The highest BCUT2D eigenvalue weighted by Gasteiger charge is 2.23. The topological polar surface area (TPSA) is 90.0 Å². The molecule has 0 aromatic carbocycles. The van der Waals surface area contributed by atoms with Gasteiger partial charge in [0, 0.05) is 18.8 Å². The van der Waals surface area contributed by atoms with E-state index in [2.05, 4.69) is 9.82 Å². The molecule has 0 saturated heterocycles. The van der Waals surface area contributed by atoms with Gasteiger partial charge in [0.25, 0.3) is 0 Å². The van der Waals surface area contributed by atoms with Crippen molar-refractivity contribution in [1.29, 1.82) is 0 Å². The molecule has 2 aromatic heterocycles. The molecule has 0 spiro atoms. The van der Waals surface area contributed by atoms with Gasteiger partial charge in [0.2, 0.25) is 10.0 Å². The third-order valence-electron chi connectivity index (χ3n) is 2.98. The Bertz CT molecular complexity index is 677. The van der Waals surface area contributed by atoms with Gasteiger partial charge in [0.15, 0.2) is 5.82 Å². The number of hydrogen-bond acceptors (Lipinski definition) is 5. The molecule has 0 amide bonds. The Morgan fingerprint density at radius 2 is 2.29 bits per heavy atom. The van der Waals surface area contributed by atoms with Crippen LogP contribution in [0.3, 0.4) is 0 Å². The van der Waals surface area contributed by atoms with Crippen LogP contribution in [0.5, 0.6) is 0 Å². The lowest BCUT2D eigenvalue weighted by Crippen LogP contribution is -2.34. The first-order valence-corrected chi connectivity index (χ1v) is 9.21. The van der Waals surface area contributed by atoms with Crippen molar-refractivity contribution in [2.45, 2.75) is 44.2 Å². The van der Waals surface area contributed by atoms with Crippen LogP contribution in [-0.4, -0.2) is 24.2 Å². The molecule has 0 fully saturated rings. The molecule has 116 valence electrons. The highest BCUT2D eigenvalue weighted by molar-refractivity contribution is 7.89. The molecule has 1 atom stereocenters. The Labute approximate surface area is 129 Å². The zero-order valence-electron chi connectivity index (χ0n) is 12.1. The molecule has 0 saturated carbocycles. The Morgan fingerprint density at radius 1 is 1.52 bits per heavy atom. The average molecular weight is 328 g/mol. The second-order valence-electron chi connectivity index (χ2n) is 5.00. The van der Waals surface area contributed by atoms with Gasteiger partial charge >= 0.3 is 0 Å². The fraction of sp³-hybridized carbons (Fsp3) is 0.462. The summed E-state index contributed by atoms with van der Waals surface area (Å²) in [5.41, 5.74) is 6.84. The Kier molecular flexibility index (Phi) is 5.02. The van der Waals surface area contributed by atoms with Crippen molar-refractivity contribution in [3.05, 3.63) is 28.6 Å². The second kappa shape index (κ2) is 6.59. The largest absolute Gasteiger partial charge is 0.381 e. The van der Waals surface area contributed by atoms with Crippen LogP contribution in [0.4, 0.5) is 5.82 Å². The zero-order valence-corrected chi connectivity index (χ0v) is 13.7. The molecule has 2 rings (SSSR count). The molecule has 0 bridgehead atoms. The summed E-state index contributed by atoms with van der Waals surface area (Å²) in [5.74, 6) is 0.0404. The molecule has 0 radical (unpaired) electrons. The predicted molar refractivity (Wildman–Crippen MR) is 84.7 cm³/mol. The maximum Gasteiger partial charge on any atom is 0.246 e. The van der Waals surface area contributed by atoms with Crippen LogP contribution in [0.25, 0.3) is 0 Å². The normalized spacial score (nSPS) is 13.4. The summed E-state index contributed by atoms with van der Waals surface area (Å²) in [6.07, 6.45) is 2.99. The van der Waals surface area contributed by atoms with E-state index < -0.39 is 10.0 Å². The SMILES string of the molecule is CCCn1cc(S(=O)(=O)NC(C)Cc2ccsc2)c(N)n1. The fourth-order valence-corrected chi connectivity index (χ4v) is 4.10. The second-order valence-corrected chi connectivity index (χ2v) is 7.46. The van der Waals surface area contributed by atoms with Gasteiger partial charge in [-0.05, 0) is 42.2 Å². The van der Waals surface area contributed by atoms with Crippen molar-refractivity contribution in [2.75, 3.05) is 5.73 Å². The maximum absolute atomic E-state index is 12.4. The van der Waals surface area contributed by atoms with Crippen LogP contribution < -0.4 is 10.5 Å². The van der Waals surface area contributed by atoms with Gasteiger partial charge in [-0.25, -0.2) is 13.1 Å². The summed E-state index contributed by atoms with van der Waals surface area (Å²) in [5, 5.41) is 8.01. The zero-order chi connectivity index (χ0) is 15.5. The van der Waals surface area contributed by atoms with Crippen molar-refractivity contribution < 1.29 is 8.42 Å². The smallest absolute Gasteiger partial charge is 0.246 e. The lowest BCUT2D eigenvalue weighted by molar-refractivity contribution is 0.559. The van der Waals surface area contributed by atoms with E-state index in [0.29, 0.717) is 13.0 Å². The first-order chi connectivity index (χ1) is 9.92. The lowest BCUT2D eigenvalue weighted by Gasteiger charge is -2.12.